The maximum atomic E-state index is 12.1. The summed E-state index contributed by atoms with van der Waals surface area (Å²) in [4.78, 5) is 18.6. The number of hydrogen-bond acceptors (Lipinski definition) is 4. The zero-order chi connectivity index (χ0) is 20.8. The van der Waals surface area contributed by atoms with E-state index in [9.17, 15) is 4.79 Å². The molecule has 2 aromatic carbocycles. The number of benzene rings is 2. The molecule has 0 aliphatic carbocycles. The van der Waals surface area contributed by atoms with Crippen molar-refractivity contribution in [1.82, 2.24) is 15.2 Å². The monoisotopic (exact) mass is 431 g/mol. The first kappa shape index (κ1) is 21.4. The van der Waals surface area contributed by atoms with Gasteiger partial charge in [-0.15, -0.1) is 0 Å². The topological polar surface area (TPSA) is 58.4 Å². The lowest BCUT2D eigenvalue weighted by atomic mass is 10.1. The van der Waals surface area contributed by atoms with Gasteiger partial charge in [-0.05, 0) is 37.1 Å². The molecule has 29 heavy (non-hydrogen) atoms. The van der Waals surface area contributed by atoms with Gasteiger partial charge in [-0.25, -0.2) is 4.98 Å². The molecule has 1 amide bonds. The summed E-state index contributed by atoms with van der Waals surface area (Å²) in [6, 6.07) is 15.6. The maximum absolute atomic E-state index is 12.1. The van der Waals surface area contributed by atoms with E-state index in [4.69, 9.17) is 27.6 Å². The fraction of sp³-hybridized carbons (Fsp3) is 0.273. The molecule has 0 atom stereocenters. The Hall–Kier alpha value is -2.34. The molecule has 0 fully saturated rings. The fourth-order valence-electron chi connectivity index (χ4n) is 2.92. The minimum atomic E-state index is -0.245. The van der Waals surface area contributed by atoms with E-state index in [1.807, 2.05) is 44.2 Å². The third-order valence-electron chi connectivity index (χ3n) is 4.22. The Labute approximate surface area is 180 Å². The standard InChI is InChI=1S/C22H23Cl2N3O2/c1-15(2)25-22(28)20-14-29-21(26-20)13-27(11-16-6-4-3-5-7-16)12-17-8-9-18(23)10-19(17)24/h3-10,14-15H,11-13H2,1-2H3,(H,25,28). The molecular formula is C22H23Cl2N3O2. The molecule has 0 saturated carbocycles. The minimum absolute atomic E-state index is 0.0317. The van der Waals surface area contributed by atoms with Gasteiger partial charge in [-0.3, -0.25) is 9.69 Å². The molecule has 0 aliphatic heterocycles. The summed E-state index contributed by atoms with van der Waals surface area (Å²) in [6.45, 7) is 5.49. The minimum Gasteiger partial charge on any atom is -0.447 e. The Bertz CT molecular complexity index is 958. The second kappa shape index (κ2) is 9.92. The molecule has 5 nitrogen and oxygen atoms in total. The van der Waals surface area contributed by atoms with Gasteiger partial charge in [0, 0.05) is 29.2 Å². The molecule has 1 N–H and O–H groups in total. The second-order valence-electron chi connectivity index (χ2n) is 7.12. The molecule has 0 aliphatic rings. The van der Waals surface area contributed by atoms with Crippen LogP contribution in [0.15, 0.2) is 59.2 Å². The zero-order valence-corrected chi connectivity index (χ0v) is 17.9. The Morgan fingerprint density at radius 3 is 2.55 bits per heavy atom. The molecule has 0 spiro atoms. The van der Waals surface area contributed by atoms with E-state index in [1.165, 1.54) is 6.26 Å². The molecule has 3 aromatic rings. The van der Waals surface area contributed by atoms with Gasteiger partial charge >= 0.3 is 0 Å². The lowest BCUT2D eigenvalue weighted by molar-refractivity contribution is 0.0938. The summed E-state index contributed by atoms with van der Waals surface area (Å²) >= 11 is 12.4. The molecule has 1 heterocycles. The quantitative estimate of drug-likeness (QED) is 0.523. The lowest BCUT2D eigenvalue weighted by Gasteiger charge is -2.21. The number of nitrogens with zero attached hydrogens (tertiary/aromatic N) is 2. The highest BCUT2D eigenvalue weighted by Crippen LogP contribution is 2.24. The van der Waals surface area contributed by atoms with Crippen LogP contribution in [0.3, 0.4) is 0 Å². The van der Waals surface area contributed by atoms with Crippen LogP contribution in [0, 0.1) is 0 Å². The Morgan fingerprint density at radius 1 is 1.10 bits per heavy atom. The van der Waals surface area contributed by atoms with E-state index < -0.39 is 0 Å². The van der Waals surface area contributed by atoms with Crippen molar-refractivity contribution in [2.24, 2.45) is 0 Å². The summed E-state index contributed by atoms with van der Waals surface area (Å²) in [5, 5.41) is 4.02. The summed E-state index contributed by atoms with van der Waals surface area (Å²) in [5.41, 5.74) is 2.39. The van der Waals surface area contributed by atoms with Crippen LogP contribution in [0.1, 0.15) is 41.4 Å². The molecule has 0 bridgehead atoms. The number of rotatable bonds is 8. The van der Waals surface area contributed by atoms with Crippen LogP contribution in [0.5, 0.6) is 0 Å². The smallest absolute Gasteiger partial charge is 0.273 e. The number of oxazole rings is 1. The SMILES string of the molecule is CC(C)NC(=O)c1coc(CN(Cc2ccccc2)Cc2ccc(Cl)cc2Cl)n1. The lowest BCUT2D eigenvalue weighted by Crippen LogP contribution is -2.30. The third kappa shape index (κ3) is 6.32. The normalized spacial score (nSPS) is 11.2. The van der Waals surface area contributed by atoms with E-state index >= 15 is 0 Å². The maximum Gasteiger partial charge on any atom is 0.273 e. The van der Waals surface area contributed by atoms with Gasteiger partial charge in [-0.2, -0.15) is 0 Å². The predicted molar refractivity (Wildman–Crippen MR) is 115 cm³/mol. The molecule has 7 heteroatoms. The van der Waals surface area contributed by atoms with Crippen molar-refractivity contribution in [3.63, 3.8) is 0 Å². The van der Waals surface area contributed by atoms with Gasteiger partial charge in [0.05, 0.1) is 6.54 Å². The Morgan fingerprint density at radius 2 is 1.86 bits per heavy atom. The highest BCUT2D eigenvalue weighted by molar-refractivity contribution is 6.35. The summed E-state index contributed by atoms with van der Waals surface area (Å²) < 4.78 is 5.55. The summed E-state index contributed by atoms with van der Waals surface area (Å²) in [7, 11) is 0. The number of carbonyl (C=O) groups is 1. The fourth-order valence-corrected chi connectivity index (χ4v) is 3.38. The average molecular weight is 432 g/mol. The summed E-state index contributed by atoms with van der Waals surface area (Å²) in [5.74, 6) is 0.227. The van der Waals surface area contributed by atoms with Gasteiger partial charge in [0.15, 0.2) is 5.69 Å². The van der Waals surface area contributed by atoms with Crippen LogP contribution in [-0.2, 0) is 19.6 Å². The molecule has 0 radical (unpaired) electrons. The van der Waals surface area contributed by atoms with Crippen LogP contribution >= 0.6 is 23.2 Å². The zero-order valence-electron chi connectivity index (χ0n) is 16.4. The van der Waals surface area contributed by atoms with Crippen molar-refractivity contribution in [3.05, 3.63) is 87.6 Å². The van der Waals surface area contributed by atoms with E-state index in [2.05, 4.69) is 27.3 Å². The van der Waals surface area contributed by atoms with E-state index in [1.54, 1.807) is 6.07 Å². The first-order chi connectivity index (χ1) is 13.9. The number of carbonyl (C=O) groups excluding carboxylic acids is 1. The predicted octanol–water partition coefficient (Wildman–Crippen LogP) is 5.32. The third-order valence-corrected chi connectivity index (χ3v) is 4.81. The molecule has 3 rings (SSSR count). The van der Waals surface area contributed by atoms with Crippen LogP contribution in [-0.4, -0.2) is 21.8 Å². The van der Waals surface area contributed by atoms with Crippen molar-refractivity contribution in [2.45, 2.75) is 39.5 Å². The van der Waals surface area contributed by atoms with Crippen molar-refractivity contribution >= 4 is 29.1 Å². The largest absolute Gasteiger partial charge is 0.447 e. The first-order valence-corrected chi connectivity index (χ1v) is 10.1. The van der Waals surface area contributed by atoms with Crippen LogP contribution in [0.25, 0.3) is 0 Å². The van der Waals surface area contributed by atoms with Crippen LogP contribution < -0.4 is 5.32 Å². The molecular weight excluding hydrogens is 409 g/mol. The molecule has 152 valence electrons. The highest BCUT2D eigenvalue weighted by Gasteiger charge is 2.17. The number of aromatic nitrogens is 1. The van der Waals surface area contributed by atoms with Crippen molar-refractivity contribution in [1.29, 1.82) is 0 Å². The van der Waals surface area contributed by atoms with E-state index in [0.717, 1.165) is 11.1 Å². The Kier molecular flexibility index (Phi) is 7.31. The number of hydrogen-bond donors (Lipinski definition) is 1. The molecule has 0 saturated heterocycles. The van der Waals surface area contributed by atoms with Gasteiger partial charge < -0.3 is 9.73 Å². The van der Waals surface area contributed by atoms with Crippen molar-refractivity contribution < 1.29 is 9.21 Å². The molecule has 1 aromatic heterocycles. The number of nitrogens with one attached hydrogen (secondary N) is 1. The van der Waals surface area contributed by atoms with Crippen LogP contribution in [0.4, 0.5) is 0 Å². The number of halogens is 2. The van der Waals surface area contributed by atoms with Gasteiger partial charge in [0.2, 0.25) is 5.89 Å². The second-order valence-corrected chi connectivity index (χ2v) is 7.96. The van der Waals surface area contributed by atoms with Gasteiger partial charge in [0.25, 0.3) is 5.91 Å². The Balaban J connectivity index is 1.78. The van der Waals surface area contributed by atoms with Gasteiger partial charge in [-0.1, -0.05) is 59.6 Å². The summed E-state index contributed by atoms with van der Waals surface area (Å²) in [6.07, 6.45) is 1.39. The van der Waals surface area contributed by atoms with E-state index in [0.29, 0.717) is 35.6 Å². The van der Waals surface area contributed by atoms with Gasteiger partial charge in [0.1, 0.15) is 6.26 Å². The number of amides is 1. The van der Waals surface area contributed by atoms with Crippen molar-refractivity contribution in [2.75, 3.05) is 0 Å². The van der Waals surface area contributed by atoms with Crippen LogP contribution in [0.2, 0.25) is 10.0 Å². The first-order valence-electron chi connectivity index (χ1n) is 9.36. The average Bonchev–Trinajstić information content (AvgIpc) is 3.13. The van der Waals surface area contributed by atoms with Crippen molar-refractivity contribution in [3.8, 4) is 0 Å². The van der Waals surface area contributed by atoms with E-state index in [-0.39, 0.29) is 17.6 Å². The molecule has 0 unspecified atom stereocenters. The highest BCUT2D eigenvalue weighted by atomic mass is 35.5.